The van der Waals surface area contributed by atoms with Gasteiger partial charge in [-0.1, -0.05) is 48.5 Å². The minimum Gasteiger partial charge on any atom is -0.370 e. The molecule has 3 N–H and O–H groups in total. The number of hydrogen-bond donors (Lipinski definition) is 3. The van der Waals surface area contributed by atoms with Gasteiger partial charge in [0.05, 0.1) is 20.3 Å². The predicted octanol–water partition coefficient (Wildman–Crippen LogP) is -0.259. The van der Waals surface area contributed by atoms with Crippen molar-refractivity contribution in [3.63, 3.8) is 0 Å². The Kier molecular flexibility index (Phi) is 7.60. The van der Waals surface area contributed by atoms with Gasteiger partial charge in [0.2, 0.25) is 0 Å². The number of aryl methyl sites for hydroxylation is 1. The number of hydrogen-bond acceptors (Lipinski definition) is 2. The van der Waals surface area contributed by atoms with E-state index in [1.807, 2.05) is 0 Å². The molecule has 2 aromatic rings. The molecule has 150 valence electrons. The fraction of sp³-hybridized carbons (Fsp3) is 0.435. The van der Waals surface area contributed by atoms with Crippen LogP contribution >= 0.6 is 0 Å². The molecule has 1 aliphatic rings. The molecule has 0 bridgehead atoms. The van der Waals surface area contributed by atoms with Crippen molar-refractivity contribution in [1.29, 1.82) is 0 Å². The maximum atomic E-state index is 12.3. The zero-order valence-electron chi connectivity index (χ0n) is 17.1. The highest BCUT2D eigenvalue weighted by atomic mass is 16.5. The zero-order chi connectivity index (χ0) is 19.8. The van der Waals surface area contributed by atoms with Gasteiger partial charge >= 0.3 is 0 Å². The van der Waals surface area contributed by atoms with Crippen molar-refractivity contribution in [3.8, 4) is 0 Å². The van der Waals surface area contributed by atoms with Gasteiger partial charge in [0, 0.05) is 17.7 Å². The normalized spacial score (nSPS) is 15.9. The quantitative estimate of drug-likeness (QED) is 0.588. The highest BCUT2D eigenvalue weighted by Crippen LogP contribution is 2.05. The van der Waals surface area contributed by atoms with Crippen molar-refractivity contribution in [2.45, 2.75) is 26.6 Å². The first kappa shape index (κ1) is 20.5. The summed E-state index contributed by atoms with van der Waals surface area (Å²) in [4.78, 5) is 15.1. The number of carbonyl (C=O) groups excluding carboxylic acids is 1. The van der Waals surface area contributed by atoms with Crippen LogP contribution in [0.15, 0.2) is 48.5 Å². The lowest BCUT2D eigenvalue weighted by Gasteiger charge is -2.23. The molecule has 0 saturated carbocycles. The number of likely N-dealkylation sites (N-methyl/N-ethyl adjacent to an activating group) is 1. The van der Waals surface area contributed by atoms with E-state index in [4.69, 9.17) is 4.74 Å². The molecule has 1 unspecified atom stereocenters. The van der Waals surface area contributed by atoms with E-state index in [0.717, 1.165) is 45.0 Å². The Morgan fingerprint density at radius 3 is 2.46 bits per heavy atom. The Bertz CT molecular complexity index is 755. The molecule has 2 aromatic carbocycles. The molecule has 5 nitrogen and oxygen atoms in total. The minimum atomic E-state index is 0.0907. The lowest BCUT2D eigenvalue weighted by Crippen LogP contribution is -3.12. The number of nitrogens with one attached hydrogen (secondary N) is 3. The molecule has 1 aliphatic heterocycles. The third-order valence-corrected chi connectivity index (χ3v) is 5.38. The lowest BCUT2D eigenvalue weighted by molar-refractivity contribution is -0.921. The summed E-state index contributed by atoms with van der Waals surface area (Å²) in [7, 11) is 2.06. The number of amides is 1. The van der Waals surface area contributed by atoms with Crippen molar-refractivity contribution in [2.75, 3.05) is 39.9 Å². The molecular weight excluding hydrogens is 350 g/mol. The first-order chi connectivity index (χ1) is 13.6. The number of quaternary nitrogens is 2. The van der Waals surface area contributed by atoms with E-state index in [2.05, 4.69) is 67.8 Å². The smallest absolute Gasteiger partial charge is 0.275 e. The SMILES string of the molecule is Cc1ccccc1C[NH+](C)CC(=O)NCc1ccc(C[NH+]2CCOCC2)cc1. The number of carbonyl (C=O) groups is 1. The summed E-state index contributed by atoms with van der Waals surface area (Å²) >= 11 is 0. The van der Waals surface area contributed by atoms with Crippen LogP contribution in [0.4, 0.5) is 0 Å². The van der Waals surface area contributed by atoms with E-state index in [1.165, 1.54) is 21.6 Å². The Balaban J connectivity index is 1.40. The Morgan fingerprint density at radius 1 is 1.07 bits per heavy atom. The van der Waals surface area contributed by atoms with Crippen LogP contribution in [0.5, 0.6) is 0 Å². The summed E-state index contributed by atoms with van der Waals surface area (Å²) in [5.74, 6) is 0.0907. The summed E-state index contributed by atoms with van der Waals surface area (Å²) in [6.07, 6.45) is 0. The maximum absolute atomic E-state index is 12.3. The summed E-state index contributed by atoms with van der Waals surface area (Å²) in [6, 6.07) is 17.0. The monoisotopic (exact) mass is 383 g/mol. The predicted molar refractivity (Wildman–Crippen MR) is 110 cm³/mol. The van der Waals surface area contributed by atoms with Gasteiger partial charge < -0.3 is 19.9 Å². The van der Waals surface area contributed by atoms with E-state index in [1.54, 1.807) is 4.90 Å². The lowest BCUT2D eigenvalue weighted by atomic mass is 10.1. The third kappa shape index (κ3) is 6.44. The van der Waals surface area contributed by atoms with Crippen LogP contribution in [-0.2, 0) is 29.2 Å². The van der Waals surface area contributed by atoms with Crippen molar-refractivity contribution in [1.82, 2.24) is 5.32 Å². The van der Waals surface area contributed by atoms with Crippen molar-refractivity contribution in [2.24, 2.45) is 0 Å². The molecule has 1 heterocycles. The van der Waals surface area contributed by atoms with Gasteiger partial charge in [-0.25, -0.2) is 0 Å². The fourth-order valence-electron chi connectivity index (χ4n) is 3.63. The summed E-state index contributed by atoms with van der Waals surface area (Å²) in [5, 5.41) is 3.05. The second-order valence-corrected chi connectivity index (χ2v) is 7.87. The van der Waals surface area contributed by atoms with Gasteiger partial charge in [0.15, 0.2) is 6.54 Å². The molecule has 0 radical (unpaired) electrons. The van der Waals surface area contributed by atoms with Gasteiger partial charge in [-0.15, -0.1) is 0 Å². The van der Waals surface area contributed by atoms with E-state index >= 15 is 0 Å². The Hall–Kier alpha value is -2.21. The highest BCUT2D eigenvalue weighted by molar-refractivity contribution is 5.76. The van der Waals surface area contributed by atoms with E-state index in [-0.39, 0.29) is 5.91 Å². The second kappa shape index (κ2) is 10.4. The van der Waals surface area contributed by atoms with Crippen LogP contribution in [0.1, 0.15) is 22.3 Å². The first-order valence-electron chi connectivity index (χ1n) is 10.2. The molecule has 5 heteroatoms. The molecule has 0 aromatic heterocycles. The van der Waals surface area contributed by atoms with Crippen LogP contribution in [0.3, 0.4) is 0 Å². The van der Waals surface area contributed by atoms with Gasteiger partial charge in [-0.05, 0) is 18.1 Å². The number of benzene rings is 2. The molecule has 3 rings (SSSR count). The fourth-order valence-corrected chi connectivity index (χ4v) is 3.63. The Labute approximate surface area is 168 Å². The minimum absolute atomic E-state index is 0.0907. The van der Waals surface area contributed by atoms with E-state index < -0.39 is 0 Å². The number of morpholine rings is 1. The summed E-state index contributed by atoms with van der Waals surface area (Å²) in [5.41, 5.74) is 5.06. The molecular formula is C23H33N3O2+2. The van der Waals surface area contributed by atoms with Gasteiger partial charge in [-0.2, -0.15) is 0 Å². The molecule has 0 spiro atoms. The van der Waals surface area contributed by atoms with Crippen LogP contribution in [0.2, 0.25) is 0 Å². The van der Waals surface area contributed by atoms with Gasteiger partial charge in [0.1, 0.15) is 26.2 Å². The van der Waals surface area contributed by atoms with Crippen LogP contribution in [0, 0.1) is 6.92 Å². The zero-order valence-corrected chi connectivity index (χ0v) is 17.1. The molecule has 0 aliphatic carbocycles. The molecule has 1 saturated heterocycles. The van der Waals surface area contributed by atoms with Crippen LogP contribution in [-0.4, -0.2) is 45.8 Å². The maximum Gasteiger partial charge on any atom is 0.275 e. The number of ether oxygens (including phenoxy) is 1. The second-order valence-electron chi connectivity index (χ2n) is 7.87. The van der Waals surface area contributed by atoms with Crippen LogP contribution in [0.25, 0.3) is 0 Å². The summed E-state index contributed by atoms with van der Waals surface area (Å²) in [6.45, 7) is 8.97. The molecule has 1 amide bonds. The van der Waals surface area contributed by atoms with E-state index in [0.29, 0.717) is 13.1 Å². The average molecular weight is 384 g/mol. The van der Waals surface area contributed by atoms with Gasteiger partial charge in [-0.3, -0.25) is 4.79 Å². The third-order valence-electron chi connectivity index (χ3n) is 5.38. The van der Waals surface area contributed by atoms with Crippen molar-refractivity contribution < 1.29 is 19.3 Å². The molecule has 1 fully saturated rings. The van der Waals surface area contributed by atoms with E-state index in [9.17, 15) is 4.79 Å². The summed E-state index contributed by atoms with van der Waals surface area (Å²) < 4.78 is 5.41. The highest BCUT2D eigenvalue weighted by Gasteiger charge is 2.14. The largest absolute Gasteiger partial charge is 0.370 e. The Morgan fingerprint density at radius 2 is 1.75 bits per heavy atom. The standard InChI is InChI=1S/C23H31N3O2/c1-19-5-3-4-6-22(19)17-25(2)18-23(27)24-15-20-7-9-21(10-8-20)16-26-11-13-28-14-12-26/h3-10H,11-18H2,1-2H3,(H,24,27)/p+2. The molecule has 1 atom stereocenters. The van der Waals surface area contributed by atoms with Gasteiger partial charge in [0.25, 0.3) is 5.91 Å². The average Bonchev–Trinajstić information content (AvgIpc) is 2.70. The topological polar surface area (TPSA) is 47.2 Å². The first-order valence-corrected chi connectivity index (χ1v) is 10.2. The van der Waals surface area contributed by atoms with Crippen molar-refractivity contribution in [3.05, 3.63) is 70.8 Å². The van der Waals surface area contributed by atoms with Crippen molar-refractivity contribution >= 4 is 5.91 Å². The number of rotatable bonds is 8. The van der Waals surface area contributed by atoms with Crippen LogP contribution < -0.4 is 15.1 Å². The molecule has 28 heavy (non-hydrogen) atoms.